The Morgan fingerprint density at radius 3 is 2.67 bits per heavy atom. The van der Waals surface area contributed by atoms with Gasteiger partial charge in [0.05, 0.1) is 8.07 Å². The van der Waals surface area contributed by atoms with E-state index in [1.165, 1.54) is 10.8 Å². The first-order valence-electron chi connectivity index (χ1n) is 6.41. The van der Waals surface area contributed by atoms with Crippen LogP contribution in [0.25, 0.3) is 6.08 Å². The molecule has 0 radical (unpaired) electrons. The molecule has 3 heteroatoms. The van der Waals surface area contributed by atoms with E-state index in [9.17, 15) is 4.79 Å². The molecule has 0 saturated carbocycles. The van der Waals surface area contributed by atoms with E-state index in [0.717, 1.165) is 6.42 Å². The minimum atomic E-state index is -1.22. The van der Waals surface area contributed by atoms with E-state index < -0.39 is 8.07 Å². The van der Waals surface area contributed by atoms with Gasteiger partial charge in [-0.05, 0) is 12.0 Å². The van der Waals surface area contributed by atoms with E-state index in [0.29, 0.717) is 6.54 Å². The molecular formula is C15H23NOSi. The third kappa shape index (κ3) is 5.32. The van der Waals surface area contributed by atoms with Crippen LogP contribution in [0.3, 0.4) is 0 Å². The molecule has 0 aliphatic rings. The van der Waals surface area contributed by atoms with Gasteiger partial charge in [0.25, 0.3) is 0 Å². The van der Waals surface area contributed by atoms with Crippen LogP contribution >= 0.6 is 0 Å². The van der Waals surface area contributed by atoms with Gasteiger partial charge in [-0.1, -0.05) is 61.2 Å². The average molecular weight is 261 g/mol. The Balaban J connectivity index is 2.57. The largest absolute Gasteiger partial charge is 0.356 e. The first-order valence-corrected chi connectivity index (χ1v) is 9.91. The first kappa shape index (κ1) is 14.7. The number of hydrogen-bond acceptors (Lipinski definition) is 1. The Morgan fingerprint density at radius 2 is 2.06 bits per heavy atom. The quantitative estimate of drug-likeness (QED) is 0.641. The Hall–Kier alpha value is -1.35. The van der Waals surface area contributed by atoms with E-state index in [-0.39, 0.29) is 5.91 Å². The number of hydrogen-bond donors (Lipinski definition) is 1. The van der Waals surface area contributed by atoms with Gasteiger partial charge in [-0.15, -0.1) is 0 Å². The smallest absolute Gasteiger partial charge is 0.216 e. The molecule has 2 nitrogen and oxygen atoms in total. The molecule has 1 aromatic carbocycles. The highest BCUT2D eigenvalue weighted by Crippen LogP contribution is 2.06. The van der Waals surface area contributed by atoms with Crippen LogP contribution in [0.5, 0.6) is 0 Å². The van der Waals surface area contributed by atoms with Gasteiger partial charge >= 0.3 is 0 Å². The maximum Gasteiger partial charge on any atom is 0.216 e. The number of benzene rings is 1. The molecular weight excluding hydrogens is 238 g/mol. The molecule has 98 valence electrons. The Labute approximate surface area is 111 Å². The van der Waals surface area contributed by atoms with Gasteiger partial charge in [-0.2, -0.15) is 0 Å². The number of carbonyl (C=O) groups is 1. The van der Waals surface area contributed by atoms with Crippen molar-refractivity contribution in [3.8, 4) is 0 Å². The van der Waals surface area contributed by atoms with Gasteiger partial charge in [0.2, 0.25) is 5.91 Å². The van der Waals surface area contributed by atoms with Crippen molar-refractivity contribution < 1.29 is 4.79 Å². The Morgan fingerprint density at radius 1 is 1.33 bits per heavy atom. The van der Waals surface area contributed by atoms with Crippen LogP contribution in [-0.4, -0.2) is 20.5 Å². The third-order valence-corrected chi connectivity index (χ3v) is 4.79. The van der Waals surface area contributed by atoms with Crippen molar-refractivity contribution in [2.24, 2.45) is 0 Å². The standard InChI is InChI=1S/C15H23NOSi/c1-13(17)16-11-6-5-8-14-9-7-10-15(12-14)18(2,3)4/h5,7-10,12H,6,11H2,1-4H3,(H,16,17). The molecule has 0 aromatic heterocycles. The molecule has 0 aliphatic heterocycles. The normalized spacial score (nSPS) is 11.8. The van der Waals surface area contributed by atoms with Crippen LogP contribution in [0.2, 0.25) is 19.6 Å². The molecule has 0 fully saturated rings. The van der Waals surface area contributed by atoms with Gasteiger partial charge in [0, 0.05) is 13.5 Å². The molecule has 0 spiro atoms. The van der Waals surface area contributed by atoms with Crippen LogP contribution in [-0.2, 0) is 4.79 Å². The first-order chi connectivity index (χ1) is 8.39. The number of carbonyl (C=O) groups excluding carboxylic acids is 1. The predicted molar refractivity (Wildman–Crippen MR) is 81.8 cm³/mol. The monoisotopic (exact) mass is 261 g/mol. The summed E-state index contributed by atoms with van der Waals surface area (Å²) < 4.78 is 0. The maximum absolute atomic E-state index is 10.7. The SMILES string of the molecule is CC(=O)NCCC=Cc1cccc([Si](C)(C)C)c1. The van der Waals surface area contributed by atoms with Gasteiger partial charge in [0.1, 0.15) is 0 Å². The van der Waals surface area contributed by atoms with Crippen molar-refractivity contribution in [2.75, 3.05) is 6.54 Å². The summed E-state index contributed by atoms with van der Waals surface area (Å²) in [4.78, 5) is 10.7. The molecule has 1 rings (SSSR count). The lowest BCUT2D eigenvalue weighted by Crippen LogP contribution is -2.37. The second-order valence-electron chi connectivity index (χ2n) is 5.55. The van der Waals surface area contributed by atoms with Crippen molar-refractivity contribution in [2.45, 2.75) is 33.0 Å². The van der Waals surface area contributed by atoms with E-state index in [1.807, 2.05) is 0 Å². The van der Waals surface area contributed by atoms with Crippen LogP contribution in [0, 0.1) is 0 Å². The summed E-state index contributed by atoms with van der Waals surface area (Å²) in [5.74, 6) is 0.0316. The molecule has 0 aliphatic carbocycles. The van der Waals surface area contributed by atoms with Crippen molar-refractivity contribution in [1.29, 1.82) is 0 Å². The minimum absolute atomic E-state index is 0.0316. The summed E-state index contributed by atoms with van der Waals surface area (Å²) in [6, 6.07) is 8.75. The van der Waals surface area contributed by atoms with Gasteiger partial charge in [0.15, 0.2) is 0 Å². The van der Waals surface area contributed by atoms with Crippen LogP contribution in [0.15, 0.2) is 30.3 Å². The zero-order chi connectivity index (χ0) is 13.6. The Bertz CT molecular complexity index is 432. The molecule has 0 saturated heterocycles. The zero-order valence-electron chi connectivity index (χ0n) is 11.8. The lowest BCUT2D eigenvalue weighted by atomic mass is 10.2. The van der Waals surface area contributed by atoms with E-state index in [2.05, 4.69) is 61.4 Å². The highest BCUT2D eigenvalue weighted by atomic mass is 28.3. The molecule has 1 N–H and O–H groups in total. The van der Waals surface area contributed by atoms with Gasteiger partial charge in [-0.25, -0.2) is 0 Å². The van der Waals surface area contributed by atoms with E-state index >= 15 is 0 Å². The summed E-state index contributed by atoms with van der Waals surface area (Å²) in [5, 5.41) is 4.26. The molecule has 0 atom stereocenters. The van der Waals surface area contributed by atoms with Crippen molar-refractivity contribution >= 4 is 25.2 Å². The number of amides is 1. The molecule has 18 heavy (non-hydrogen) atoms. The van der Waals surface area contributed by atoms with E-state index in [1.54, 1.807) is 6.92 Å². The van der Waals surface area contributed by atoms with Crippen molar-refractivity contribution in [1.82, 2.24) is 5.32 Å². The fraction of sp³-hybridized carbons (Fsp3) is 0.400. The number of rotatable bonds is 5. The molecule has 1 amide bonds. The second kappa shape index (κ2) is 6.54. The Kier molecular flexibility index (Phi) is 5.35. The fourth-order valence-corrected chi connectivity index (χ4v) is 2.86. The topological polar surface area (TPSA) is 29.1 Å². The summed E-state index contributed by atoms with van der Waals surface area (Å²) >= 11 is 0. The summed E-state index contributed by atoms with van der Waals surface area (Å²) in [6.45, 7) is 9.31. The zero-order valence-corrected chi connectivity index (χ0v) is 12.8. The average Bonchev–Trinajstić information content (AvgIpc) is 2.27. The molecule has 0 bridgehead atoms. The molecule has 1 aromatic rings. The molecule has 0 heterocycles. The van der Waals surface area contributed by atoms with Crippen LogP contribution in [0.1, 0.15) is 18.9 Å². The maximum atomic E-state index is 10.7. The van der Waals surface area contributed by atoms with Gasteiger partial charge in [-0.3, -0.25) is 4.79 Å². The highest BCUT2D eigenvalue weighted by molar-refractivity contribution is 6.88. The van der Waals surface area contributed by atoms with Crippen LogP contribution < -0.4 is 10.5 Å². The lowest BCUT2D eigenvalue weighted by molar-refractivity contribution is -0.118. The highest BCUT2D eigenvalue weighted by Gasteiger charge is 2.15. The van der Waals surface area contributed by atoms with Crippen molar-refractivity contribution in [3.05, 3.63) is 35.9 Å². The summed E-state index contributed by atoms with van der Waals surface area (Å²) in [7, 11) is -1.22. The second-order valence-corrected chi connectivity index (χ2v) is 10.6. The van der Waals surface area contributed by atoms with Crippen molar-refractivity contribution in [3.63, 3.8) is 0 Å². The third-order valence-electron chi connectivity index (χ3n) is 2.75. The summed E-state index contributed by atoms with van der Waals surface area (Å²) in [5.41, 5.74) is 1.25. The van der Waals surface area contributed by atoms with Gasteiger partial charge < -0.3 is 5.32 Å². The summed E-state index contributed by atoms with van der Waals surface area (Å²) in [6.07, 6.45) is 5.11. The van der Waals surface area contributed by atoms with Crippen LogP contribution in [0.4, 0.5) is 0 Å². The minimum Gasteiger partial charge on any atom is -0.356 e. The lowest BCUT2D eigenvalue weighted by Gasteiger charge is -2.16. The van der Waals surface area contributed by atoms with E-state index in [4.69, 9.17) is 0 Å². The predicted octanol–water partition coefficient (Wildman–Crippen LogP) is 2.77. The number of nitrogens with one attached hydrogen (secondary N) is 1. The molecule has 0 unspecified atom stereocenters. The fourth-order valence-electron chi connectivity index (χ4n) is 1.66.